The van der Waals surface area contributed by atoms with Crippen molar-refractivity contribution < 1.29 is 14.6 Å². The van der Waals surface area contributed by atoms with Gasteiger partial charge in [0.05, 0.1) is 10.6 Å². The van der Waals surface area contributed by atoms with Crippen LogP contribution >= 0.6 is 27.5 Å². The van der Waals surface area contributed by atoms with Crippen molar-refractivity contribution in [2.24, 2.45) is 0 Å². The van der Waals surface area contributed by atoms with Gasteiger partial charge in [0.15, 0.2) is 0 Å². The smallest absolute Gasteiger partial charge is 0.326 e. The predicted molar refractivity (Wildman–Crippen MR) is 79.9 cm³/mol. The molecular weight excluding hydrogens is 334 g/mol. The molecule has 0 aliphatic heterocycles. The van der Waals surface area contributed by atoms with E-state index in [4.69, 9.17) is 16.3 Å². The summed E-state index contributed by atoms with van der Waals surface area (Å²) >= 11 is 9.20. The standard InChI is InChI=1S/C13H17BrClNO3/c1-13(2,19-3)7-11(12(17)18)16-8-4-5-10(15)9(14)6-8/h4-6,11,16H,7H2,1-3H3,(H,17,18). The van der Waals surface area contributed by atoms with Crippen LogP contribution in [-0.2, 0) is 9.53 Å². The van der Waals surface area contributed by atoms with E-state index in [1.54, 1.807) is 25.3 Å². The quantitative estimate of drug-likeness (QED) is 0.819. The Morgan fingerprint density at radius 1 is 1.58 bits per heavy atom. The predicted octanol–water partition coefficient (Wildman–Crippen LogP) is 3.78. The van der Waals surface area contributed by atoms with Gasteiger partial charge in [-0.15, -0.1) is 0 Å². The lowest BCUT2D eigenvalue weighted by atomic mass is 9.98. The van der Waals surface area contributed by atoms with Crippen LogP contribution in [0.5, 0.6) is 0 Å². The fraction of sp³-hybridized carbons (Fsp3) is 0.462. The highest BCUT2D eigenvalue weighted by Crippen LogP contribution is 2.27. The number of benzene rings is 1. The van der Waals surface area contributed by atoms with Crippen molar-refractivity contribution in [2.75, 3.05) is 12.4 Å². The van der Waals surface area contributed by atoms with E-state index in [9.17, 15) is 9.90 Å². The van der Waals surface area contributed by atoms with Gasteiger partial charge in [0.2, 0.25) is 0 Å². The Morgan fingerprint density at radius 2 is 2.21 bits per heavy atom. The molecule has 0 fully saturated rings. The second-order valence-electron chi connectivity index (χ2n) is 4.83. The first-order valence-corrected chi connectivity index (χ1v) is 6.92. The largest absolute Gasteiger partial charge is 0.480 e. The number of hydrogen-bond donors (Lipinski definition) is 2. The van der Waals surface area contributed by atoms with Crippen molar-refractivity contribution in [2.45, 2.75) is 31.9 Å². The summed E-state index contributed by atoms with van der Waals surface area (Å²) < 4.78 is 5.98. The van der Waals surface area contributed by atoms with E-state index in [0.29, 0.717) is 21.6 Å². The van der Waals surface area contributed by atoms with Gasteiger partial charge in [0, 0.05) is 23.7 Å². The summed E-state index contributed by atoms with van der Waals surface area (Å²) in [6.45, 7) is 3.70. The van der Waals surface area contributed by atoms with Crippen molar-refractivity contribution in [3.63, 3.8) is 0 Å². The molecule has 0 radical (unpaired) electrons. The van der Waals surface area contributed by atoms with Crippen LogP contribution in [0.4, 0.5) is 5.69 Å². The summed E-state index contributed by atoms with van der Waals surface area (Å²) in [7, 11) is 1.57. The van der Waals surface area contributed by atoms with E-state index in [1.807, 2.05) is 13.8 Å². The highest BCUT2D eigenvalue weighted by molar-refractivity contribution is 9.10. The summed E-state index contributed by atoms with van der Waals surface area (Å²) in [5.74, 6) is -0.920. The van der Waals surface area contributed by atoms with Crippen molar-refractivity contribution in [1.29, 1.82) is 0 Å². The lowest BCUT2D eigenvalue weighted by Crippen LogP contribution is -2.38. The van der Waals surface area contributed by atoms with Crippen LogP contribution in [0, 0.1) is 0 Å². The molecular formula is C13H17BrClNO3. The van der Waals surface area contributed by atoms with E-state index >= 15 is 0 Å². The zero-order chi connectivity index (χ0) is 14.6. The summed E-state index contributed by atoms with van der Waals surface area (Å²) in [5.41, 5.74) is 0.176. The zero-order valence-corrected chi connectivity index (χ0v) is 13.4. The molecule has 0 saturated heterocycles. The van der Waals surface area contributed by atoms with Crippen molar-refractivity contribution >= 4 is 39.2 Å². The summed E-state index contributed by atoms with van der Waals surface area (Å²) in [5, 5.41) is 12.8. The second-order valence-corrected chi connectivity index (χ2v) is 6.09. The van der Waals surface area contributed by atoms with E-state index in [2.05, 4.69) is 21.2 Å². The van der Waals surface area contributed by atoms with Crippen molar-refractivity contribution in [3.05, 3.63) is 27.7 Å². The molecule has 6 heteroatoms. The molecule has 2 N–H and O–H groups in total. The molecule has 0 spiro atoms. The molecule has 1 rings (SSSR count). The van der Waals surface area contributed by atoms with Gasteiger partial charge >= 0.3 is 5.97 Å². The summed E-state index contributed by atoms with van der Waals surface area (Å²) in [4.78, 5) is 11.3. The third-order valence-electron chi connectivity index (χ3n) is 2.81. The van der Waals surface area contributed by atoms with Crippen LogP contribution in [-0.4, -0.2) is 29.8 Å². The van der Waals surface area contributed by atoms with Crippen LogP contribution in [0.1, 0.15) is 20.3 Å². The minimum absolute atomic E-state index is 0.346. The van der Waals surface area contributed by atoms with E-state index < -0.39 is 17.6 Å². The average Bonchev–Trinajstić information content (AvgIpc) is 2.32. The van der Waals surface area contributed by atoms with Gasteiger partial charge in [0.25, 0.3) is 0 Å². The zero-order valence-electron chi connectivity index (χ0n) is 11.0. The molecule has 1 atom stereocenters. The Kier molecular flexibility index (Phi) is 5.64. The maximum Gasteiger partial charge on any atom is 0.326 e. The molecule has 0 bridgehead atoms. The second kappa shape index (κ2) is 6.59. The number of nitrogens with one attached hydrogen (secondary N) is 1. The summed E-state index contributed by atoms with van der Waals surface area (Å²) in [6.07, 6.45) is 0.346. The Bertz CT molecular complexity index is 465. The van der Waals surface area contributed by atoms with Crippen LogP contribution in [0.2, 0.25) is 5.02 Å². The van der Waals surface area contributed by atoms with E-state index in [1.165, 1.54) is 0 Å². The first-order valence-electron chi connectivity index (χ1n) is 5.75. The molecule has 0 aromatic heterocycles. The molecule has 0 aliphatic rings. The van der Waals surface area contributed by atoms with Gasteiger partial charge < -0.3 is 15.2 Å². The molecule has 0 amide bonds. The fourth-order valence-electron chi connectivity index (χ4n) is 1.56. The molecule has 19 heavy (non-hydrogen) atoms. The highest BCUT2D eigenvalue weighted by Gasteiger charge is 2.27. The van der Waals surface area contributed by atoms with Crippen molar-refractivity contribution in [1.82, 2.24) is 0 Å². The third kappa shape index (κ3) is 5.01. The Labute approximate surface area is 126 Å². The summed E-state index contributed by atoms with van der Waals surface area (Å²) in [6, 6.07) is 4.46. The van der Waals surface area contributed by atoms with Crippen LogP contribution in [0.25, 0.3) is 0 Å². The Morgan fingerprint density at radius 3 is 2.68 bits per heavy atom. The molecule has 1 aromatic rings. The molecule has 0 heterocycles. The monoisotopic (exact) mass is 349 g/mol. The minimum Gasteiger partial charge on any atom is -0.480 e. The van der Waals surface area contributed by atoms with Crippen molar-refractivity contribution in [3.8, 4) is 0 Å². The van der Waals surface area contributed by atoms with E-state index in [-0.39, 0.29) is 0 Å². The lowest BCUT2D eigenvalue weighted by molar-refractivity contribution is -0.139. The SMILES string of the molecule is COC(C)(C)CC(Nc1ccc(Cl)c(Br)c1)C(=O)O. The molecule has 4 nitrogen and oxygen atoms in total. The Hall–Kier alpha value is -0.780. The minimum atomic E-state index is -0.920. The molecule has 1 aromatic carbocycles. The maximum absolute atomic E-state index is 11.3. The van der Waals surface area contributed by atoms with Gasteiger partial charge in [-0.3, -0.25) is 0 Å². The maximum atomic E-state index is 11.3. The number of anilines is 1. The van der Waals surface area contributed by atoms with Gasteiger partial charge in [-0.05, 0) is 48.0 Å². The first kappa shape index (κ1) is 16.3. The topological polar surface area (TPSA) is 58.6 Å². The first-order chi connectivity index (χ1) is 8.75. The number of halogens is 2. The lowest BCUT2D eigenvalue weighted by Gasteiger charge is -2.27. The number of hydrogen-bond acceptors (Lipinski definition) is 3. The van der Waals surface area contributed by atoms with Gasteiger partial charge in [0.1, 0.15) is 6.04 Å². The molecule has 1 unspecified atom stereocenters. The number of methoxy groups -OCH3 is 1. The number of ether oxygens (including phenoxy) is 1. The molecule has 0 saturated carbocycles. The Balaban J connectivity index is 2.84. The average molecular weight is 351 g/mol. The number of carboxylic acid groups (broad SMARTS) is 1. The van der Waals surface area contributed by atoms with E-state index in [0.717, 1.165) is 0 Å². The fourth-order valence-corrected chi connectivity index (χ4v) is 2.06. The number of carboxylic acids is 1. The van der Waals surface area contributed by atoms with Crippen LogP contribution in [0.3, 0.4) is 0 Å². The van der Waals surface area contributed by atoms with Gasteiger partial charge in [-0.25, -0.2) is 4.79 Å². The van der Waals surface area contributed by atoms with Gasteiger partial charge in [-0.2, -0.15) is 0 Å². The molecule has 0 aliphatic carbocycles. The van der Waals surface area contributed by atoms with Crippen LogP contribution < -0.4 is 5.32 Å². The van der Waals surface area contributed by atoms with Gasteiger partial charge in [-0.1, -0.05) is 11.6 Å². The number of carbonyl (C=O) groups is 1. The molecule has 106 valence electrons. The third-order valence-corrected chi connectivity index (χ3v) is 4.02. The number of rotatable bonds is 6. The van der Waals surface area contributed by atoms with Crippen LogP contribution in [0.15, 0.2) is 22.7 Å². The normalized spacial score (nSPS) is 13.1. The highest BCUT2D eigenvalue weighted by atomic mass is 79.9. The number of aliphatic carboxylic acids is 1.